The fourth-order valence-corrected chi connectivity index (χ4v) is 0.902. The van der Waals surface area contributed by atoms with Gasteiger partial charge in [0.25, 0.3) is 0 Å². The predicted molar refractivity (Wildman–Crippen MR) is 42.1 cm³/mol. The Morgan fingerprint density at radius 3 is 3.00 bits per heavy atom. The van der Waals surface area contributed by atoms with Gasteiger partial charge in [0.15, 0.2) is 0 Å². The first-order chi connectivity index (χ1) is 5.20. The number of hydrogen-bond donors (Lipinski definition) is 1. The van der Waals surface area contributed by atoms with E-state index in [0.29, 0.717) is 10.7 Å². The minimum absolute atomic E-state index is 0.0969. The minimum atomic E-state index is -0.425. The topological polar surface area (TPSA) is 56.0 Å². The van der Waals surface area contributed by atoms with Crippen molar-refractivity contribution in [1.29, 1.82) is 0 Å². The zero-order chi connectivity index (χ0) is 8.27. The summed E-state index contributed by atoms with van der Waals surface area (Å²) in [5, 5.41) is 0.478. The van der Waals surface area contributed by atoms with Gasteiger partial charge in [0, 0.05) is 6.20 Å². The number of halogens is 1. The standard InChI is InChI=1S/C7H7ClN2O/c8-5-2-1-3-10-6(5)4-7(9)11/h1-3H,4H2,(H2,9,11). The average Bonchev–Trinajstić information content (AvgIpc) is 1.93. The van der Waals surface area contributed by atoms with E-state index in [4.69, 9.17) is 17.3 Å². The summed E-state index contributed by atoms with van der Waals surface area (Å²) in [6.45, 7) is 0. The lowest BCUT2D eigenvalue weighted by Gasteiger charge is -1.97. The SMILES string of the molecule is NC(=O)Cc1ncccc1Cl. The molecule has 0 atom stereocenters. The second-order valence-electron chi connectivity index (χ2n) is 2.08. The lowest BCUT2D eigenvalue weighted by Crippen LogP contribution is -2.14. The van der Waals surface area contributed by atoms with Crippen LogP contribution in [-0.2, 0) is 11.2 Å². The molecule has 3 nitrogen and oxygen atoms in total. The van der Waals surface area contributed by atoms with E-state index >= 15 is 0 Å². The van der Waals surface area contributed by atoms with Gasteiger partial charge in [-0.2, -0.15) is 0 Å². The second kappa shape index (κ2) is 3.34. The molecule has 0 spiro atoms. The molecule has 1 rings (SSSR count). The van der Waals surface area contributed by atoms with Crippen molar-refractivity contribution in [2.45, 2.75) is 6.42 Å². The van der Waals surface area contributed by atoms with E-state index in [1.54, 1.807) is 18.3 Å². The number of carbonyl (C=O) groups is 1. The molecule has 0 saturated heterocycles. The lowest BCUT2D eigenvalue weighted by atomic mass is 10.2. The summed E-state index contributed by atoms with van der Waals surface area (Å²) in [6.07, 6.45) is 1.67. The Morgan fingerprint density at radius 2 is 2.45 bits per heavy atom. The van der Waals surface area contributed by atoms with Crippen LogP contribution >= 0.6 is 11.6 Å². The Hall–Kier alpha value is -1.09. The molecule has 1 aromatic heterocycles. The number of aromatic nitrogens is 1. The smallest absolute Gasteiger partial charge is 0.223 e. The zero-order valence-corrected chi connectivity index (χ0v) is 6.51. The van der Waals surface area contributed by atoms with Gasteiger partial charge in [-0.1, -0.05) is 11.6 Å². The quantitative estimate of drug-likeness (QED) is 0.713. The molecule has 0 aliphatic rings. The van der Waals surface area contributed by atoms with E-state index in [-0.39, 0.29) is 6.42 Å². The number of pyridine rings is 1. The highest BCUT2D eigenvalue weighted by Gasteiger charge is 2.02. The molecule has 0 aliphatic carbocycles. The van der Waals surface area contributed by atoms with Crippen molar-refractivity contribution in [3.63, 3.8) is 0 Å². The van der Waals surface area contributed by atoms with Gasteiger partial charge in [-0.3, -0.25) is 9.78 Å². The fourth-order valence-electron chi connectivity index (χ4n) is 0.713. The number of hydrogen-bond acceptors (Lipinski definition) is 2. The summed E-state index contributed by atoms with van der Waals surface area (Å²) in [4.78, 5) is 14.3. The molecule has 0 fully saturated rings. The van der Waals surface area contributed by atoms with Gasteiger partial charge in [-0.15, -0.1) is 0 Å². The summed E-state index contributed by atoms with van der Waals surface area (Å²) in [5.74, 6) is -0.425. The average molecular weight is 171 g/mol. The molecule has 0 unspecified atom stereocenters. The van der Waals surface area contributed by atoms with Crippen molar-refractivity contribution < 1.29 is 4.79 Å². The van der Waals surface area contributed by atoms with Crippen molar-refractivity contribution >= 4 is 17.5 Å². The van der Waals surface area contributed by atoms with E-state index < -0.39 is 5.91 Å². The van der Waals surface area contributed by atoms with Crippen molar-refractivity contribution in [3.05, 3.63) is 29.0 Å². The first kappa shape index (κ1) is 8.01. The normalized spacial score (nSPS) is 9.55. The molecule has 0 saturated carbocycles. The number of primary amides is 1. The van der Waals surface area contributed by atoms with Gasteiger partial charge in [0.1, 0.15) is 0 Å². The lowest BCUT2D eigenvalue weighted by molar-refractivity contribution is -0.117. The van der Waals surface area contributed by atoms with Crippen LogP contribution in [0.15, 0.2) is 18.3 Å². The van der Waals surface area contributed by atoms with Crippen LogP contribution in [0.4, 0.5) is 0 Å². The number of rotatable bonds is 2. The van der Waals surface area contributed by atoms with Gasteiger partial charge in [0.05, 0.1) is 17.1 Å². The van der Waals surface area contributed by atoms with Gasteiger partial charge in [0.2, 0.25) is 5.91 Å². The Labute approximate surface area is 69.2 Å². The van der Waals surface area contributed by atoms with E-state index in [1.165, 1.54) is 0 Å². The molecule has 0 radical (unpaired) electrons. The molecular weight excluding hydrogens is 164 g/mol. The molecule has 11 heavy (non-hydrogen) atoms. The molecule has 1 heterocycles. The van der Waals surface area contributed by atoms with Crippen LogP contribution in [0.25, 0.3) is 0 Å². The zero-order valence-electron chi connectivity index (χ0n) is 5.75. The van der Waals surface area contributed by atoms with E-state index in [9.17, 15) is 4.79 Å². The molecule has 1 aromatic rings. The van der Waals surface area contributed by atoms with E-state index in [2.05, 4.69) is 4.98 Å². The number of nitrogens with zero attached hydrogens (tertiary/aromatic N) is 1. The summed E-state index contributed by atoms with van der Waals surface area (Å²) in [6, 6.07) is 3.37. The molecule has 0 aromatic carbocycles. The van der Waals surface area contributed by atoms with Crippen LogP contribution in [0.1, 0.15) is 5.69 Å². The predicted octanol–water partition coefficient (Wildman–Crippen LogP) is 0.763. The van der Waals surface area contributed by atoms with Crippen LogP contribution < -0.4 is 5.73 Å². The second-order valence-corrected chi connectivity index (χ2v) is 2.48. The maximum Gasteiger partial charge on any atom is 0.223 e. The Morgan fingerprint density at radius 1 is 1.73 bits per heavy atom. The summed E-state index contributed by atoms with van der Waals surface area (Å²) in [7, 11) is 0. The molecular formula is C7H7ClN2O. The first-order valence-corrected chi connectivity index (χ1v) is 3.45. The van der Waals surface area contributed by atoms with Gasteiger partial charge in [-0.25, -0.2) is 0 Å². The summed E-state index contributed by atoms with van der Waals surface area (Å²) < 4.78 is 0. The van der Waals surface area contributed by atoms with Gasteiger partial charge in [-0.05, 0) is 12.1 Å². The largest absolute Gasteiger partial charge is 0.369 e. The van der Waals surface area contributed by atoms with Crippen molar-refractivity contribution in [2.75, 3.05) is 0 Å². The highest BCUT2D eigenvalue weighted by Crippen LogP contribution is 2.11. The van der Waals surface area contributed by atoms with E-state index in [0.717, 1.165) is 0 Å². The van der Waals surface area contributed by atoms with Crippen LogP contribution in [-0.4, -0.2) is 10.9 Å². The molecule has 58 valence electrons. The Kier molecular flexibility index (Phi) is 2.44. The molecule has 4 heteroatoms. The van der Waals surface area contributed by atoms with E-state index in [1.807, 2.05) is 0 Å². The maximum atomic E-state index is 10.4. The minimum Gasteiger partial charge on any atom is -0.369 e. The maximum absolute atomic E-state index is 10.4. The third-order valence-electron chi connectivity index (χ3n) is 1.18. The highest BCUT2D eigenvalue weighted by molar-refractivity contribution is 6.31. The third kappa shape index (κ3) is 2.20. The van der Waals surface area contributed by atoms with Crippen LogP contribution in [0, 0.1) is 0 Å². The third-order valence-corrected chi connectivity index (χ3v) is 1.52. The van der Waals surface area contributed by atoms with Crippen LogP contribution in [0.3, 0.4) is 0 Å². The molecule has 0 bridgehead atoms. The Bertz CT molecular complexity index is 275. The fraction of sp³-hybridized carbons (Fsp3) is 0.143. The summed E-state index contributed by atoms with van der Waals surface area (Å²) in [5.41, 5.74) is 5.49. The van der Waals surface area contributed by atoms with Crippen molar-refractivity contribution in [3.8, 4) is 0 Å². The Balaban J connectivity index is 2.86. The summed E-state index contributed by atoms with van der Waals surface area (Å²) >= 11 is 5.70. The molecule has 2 N–H and O–H groups in total. The number of nitrogens with two attached hydrogens (primary N) is 1. The van der Waals surface area contributed by atoms with Crippen molar-refractivity contribution in [1.82, 2.24) is 4.98 Å². The van der Waals surface area contributed by atoms with Crippen LogP contribution in [0.2, 0.25) is 5.02 Å². The van der Waals surface area contributed by atoms with Gasteiger partial charge < -0.3 is 5.73 Å². The van der Waals surface area contributed by atoms with Crippen molar-refractivity contribution in [2.24, 2.45) is 5.73 Å². The highest BCUT2D eigenvalue weighted by atomic mass is 35.5. The van der Waals surface area contributed by atoms with Gasteiger partial charge >= 0.3 is 0 Å². The molecule has 0 aliphatic heterocycles. The monoisotopic (exact) mass is 170 g/mol. The first-order valence-electron chi connectivity index (χ1n) is 3.08. The number of amides is 1. The molecule has 1 amide bonds. The number of carbonyl (C=O) groups excluding carboxylic acids is 1. The van der Waals surface area contributed by atoms with Crippen LogP contribution in [0.5, 0.6) is 0 Å².